The molecule has 0 saturated carbocycles. The first kappa shape index (κ1) is 18.4. The number of urea groups is 1. The van der Waals surface area contributed by atoms with Crippen LogP contribution in [-0.2, 0) is 11.3 Å². The third-order valence-corrected chi connectivity index (χ3v) is 3.10. The summed E-state index contributed by atoms with van der Waals surface area (Å²) in [4.78, 5) is 25.2. The lowest BCUT2D eigenvalue weighted by molar-refractivity contribution is 0.0325. The second kappa shape index (κ2) is 8.14. The lowest BCUT2D eigenvalue weighted by atomic mass is 10.2. The zero-order valence-corrected chi connectivity index (χ0v) is 14.6. The third-order valence-electron chi connectivity index (χ3n) is 2.57. The van der Waals surface area contributed by atoms with E-state index in [1.54, 1.807) is 20.8 Å². The SMILES string of the molecule is CC(C)(C)OC(=O)N(CCN)C(=O)NCc1ccc(Br)cc1. The molecular formula is C15H22BrN3O3. The van der Waals surface area contributed by atoms with E-state index in [0.717, 1.165) is 14.9 Å². The number of carbonyl (C=O) groups excluding carboxylic acids is 2. The van der Waals surface area contributed by atoms with Crippen molar-refractivity contribution in [1.82, 2.24) is 10.2 Å². The normalized spacial score (nSPS) is 11.0. The number of carbonyl (C=O) groups is 2. The summed E-state index contributed by atoms with van der Waals surface area (Å²) in [7, 11) is 0. The van der Waals surface area contributed by atoms with E-state index >= 15 is 0 Å². The van der Waals surface area contributed by atoms with Gasteiger partial charge in [0.15, 0.2) is 0 Å². The molecule has 7 heteroatoms. The van der Waals surface area contributed by atoms with Crippen molar-refractivity contribution in [3.05, 3.63) is 34.3 Å². The quantitative estimate of drug-likeness (QED) is 0.851. The molecule has 0 atom stereocenters. The number of hydrogen-bond donors (Lipinski definition) is 2. The van der Waals surface area contributed by atoms with E-state index in [0.29, 0.717) is 6.54 Å². The van der Waals surface area contributed by atoms with Gasteiger partial charge in [0.25, 0.3) is 0 Å². The molecule has 122 valence electrons. The van der Waals surface area contributed by atoms with Crippen LogP contribution in [0.5, 0.6) is 0 Å². The largest absolute Gasteiger partial charge is 0.443 e. The molecule has 3 N–H and O–H groups in total. The molecule has 0 spiro atoms. The van der Waals surface area contributed by atoms with Crippen LogP contribution in [0.1, 0.15) is 26.3 Å². The number of nitrogens with two attached hydrogens (primary N) is 1. The van der Waals surface area contributed by atoms with Gasteiger partial charge in [0.2, 0.25) is 0 Å². The van der Waals surface area contributed by atoms with Gasteiger partial charge in [0.05, 0.1) is 0 Å². The summed E-state index contributed by atoms with van der Waals surface area (Å²) in [5.41, 5.74) is 5.71. The van der Waals surface area contributed by atoms with Crippen LogP contribution in [0.25, 0.3) is 0 Å². The van der Waals surface area contributed by atoms with Crippen LogP contribution >= 0.6 is 15.9 Å². The smallest absolute Gasteiger partial charge is 0.418 e. The fourth-order valence-electron chi connectivity index (χ4n) is 1.60. The van der Waals surface area contributed by atoms with Gasteiger partial charge in [-0.2, -0.15) is 0 Å². The van der Waals surface area contributed by atoms with Gasteiger partial charge in [-0.3, -0.25) is 0 Å². The first-order chi connectivity index (χ1) is 10.2. The second-order valence-corrected chi connectivity index (χ2v) is 6.62. The molecule has 0 fully saturated rings. The summed E-state index contributed by atoms with van der Waals surface area (Å²) < 4.78 is 6.17. The summed E-state index contributed by atoms with van der Waals surface area (Å²) in [5.74, 6) is 0. The molecule has 1 rings (SSSR count). The molecule has 0 aliphatic heterocycles. The maximum atomic E-state index is 12.1. The van der Waals surface area contributed by atoms with Gasteiger partial charge in [0, 0.05) is 24.1 Å². The Kier molecular flexibility index (Phi) is 6.83. The molecule has 0 aromatic heterocycles. The van der Waals surface area contributed by atoms with E-state index in [9.17, 15) is 9.59 Å². The van der Waals surface area contributed by atoms with E-state index in [2.05, 4.69) is 21.2 Å². The maximum absolute atomic E-state index is 12.1. The van der Waals surface area contributed by atoms with Gasteiger partial charge < -0.3 is 15.8 Å². The summed E-state index contributed by atoms with van der Waals surface area (Å²) in [6.45, 7) is 5.81. The van der Waals surface area contributed by atoms with Crippen molar-refractivity contribution in [1.29, 1.82) is 0 Å². The lowest BCUT2D eigenvalue weighted by Crippen LogP contribution is -2.47. The Hall–Kier alpha value is -1.60. The number of nitrogens with zero attached hydrogens (tertiary/aromatic N) is 1. The number of imide groups is 1. The minimum absolute atomic E-state index is 0.0983. The summed E-state index contributed by atoms with van der Waals surface area (Å²) in [6, 6.07) is 7.00. The molecule has 0 aliphatic carbocycles. The molecule has 0 radical (unpaired) electrons. The monoisotopic (exact) mass is 371 g/mol. The molecule has 3 amide bonds. The number of nitrogens with one attached hydrogen (secondary N) is 1. The van der Waals surface area contributed by atoms with Gasteiger partial charge in [0.1, 0.15) is 5.60 Å². The topological polar surface area (TPSA) is 84.7 Å². The molecule has 22 heavy (non-hydrogen) atoms. The summed E-state index contributed by atoms with van der Waals surface area (Å²) in [6.07, 6.45) is -0.703. The number of ether oxygens (including phenoxy) is 1. The Bertz CT molecular complexity index is 512. The fourth-order valence-corrected chi connectivity index (χ4v) is 1.86. The van der Waals surface area contributed by atoms with Gasteiger partial charge in [-0.15, -0.1) is 0 Å². The van der Waals surface area contributed by atoms with E-state index in [1.165, 1.54) is 0 Å². The average molecular weight is 372 g/mol. The predicted octanol–water partition coefficient (Wildman–Crippen LogP) is 2.85. The van der Waals surface area contributed by atoms with E-state index in [4.69, 9.17) is 10.5 Å². The van der Waals surface area contributed by atoms with Crippen LogP contribution in [-0.4, -0.2) is 35.7 Å². The minimum atomic E-state index is -0.703. The Balaban J connectivity index is 2.64. The lowest BCUT2D eigenvalue weighted by Gasteiger charge is -2.26. The first-order valence-corrected chi connectivity index (χ1v) is 7.75. The van der Waals surface area contributed by atoms with Crippen molar-refractivity contribution in [2.45, 2.75) is 32.9 Å². The standard InChI is InChI=1S/C15H22BrN3O3/c1-15(2,3)22-14(21)19(9-8-17)13(20)18-10-11-4-6-12(16)7-5-11/h4-7H,8-10,17H2,1-3H3,(H,18,20). The number of hydrogen-bond acceptors (Lipinski definition) is 4. The number of benzene rings is 1. The van der Waals surface area contributed by atoms with E-state index in [1.807, 2.05) is 24.3 Å². The molecular weight excluding hydrogens is 350 g/mol. The fraction of sp³-hybridized carbons (Fsp3) is 0.467. The van der Waals surface area contributed by atoms with Gasteiger partial charge in [-0.05, 0) is 38.5 Å². The van der Waals surface area contributed by atoms with Crippen molar-refractivity contribution in [3.63, 3.8) is 0 Å². The number of amides is 3. The maximum Gasteiger partial charge on any atom is 0.418 e. The summed E-state index contributed by atoms with van der Waals surface area (Å²) in [5, 5.41) is 2.69. The zero-order chi connectivity index (χ0) is 16.8. The second-order valence-electron chi connectivity index (χ2n) is 5.71. The van der Waals surface area contributed by atoms with Crippen LogP contribution < -0.4 is 11.1 Å². The Labute approximate surface area is 139 Å². The van der Waals surface area contributed by atoms with E-state index in [-0.39, 0.29) is 13.1 Å². The Morgan fingerprint density at radius 2 is 1.86 bits per heavy atom. The highest BCUT2D eigenvalue weighted by molar-refractivity contribution is 9.10. The minimum Gasteiger partial charge on any atom is -0.443 e. The van der Waals surface area contributed by atoms with Gasteiger partial charge in [-0.25, -0.2) is 14.5 Å². The molecule has 1 aromatic rings. The molecule has 0 saturated heterocycles. The van der Waals surface area contributed by atoms with Crippen LogP contribution in [0.3, 0.4) is 0 Å². The van der Waals surface area contributed by atoms with Crippen LogP contribution in [0, 0.1) is 0 Å². The number of halogens is 1. The highest BCUT2D eigenvalue weighted by Crippen LogP contribution is 2.11. The molecule has 0 heterocycles. The van der Waals surface area contributed by atoms with Crippen molar-refractivity contribution >= 4 is 28.1 Å². The molecule has 6 nitrogen and oxygen atoms in total. The summed E-state index contributed by atoms with van der Waals surface area (Å²) >= 11 is 3.35. The van der Waals surface area contributed by atoms with Gasteiger partial charge >= 0.3 is 12.1 Å². The highest BCUT2D eigenvalue weighted by atomic mass is 79.9. The Morgan fingerprint density at radius 3 is 2.36 bits per heavy atom. The predicted molar refractivity (Wildman–Crippen MR) is 88.4 cm³/mol. The first-order valence-electron chi connectivity index (χ1n) is 6.96. The van der Waals surface area contributed by atoms with Crippen LogP contribution in [0.4, 0.5) is 9.59 Å². The number of rotatable bonds is 4. The zero-order valence-electron chi connectivity index (χ0n) is 13.1. The van der Waals surface area contributed by atoms with Crippen molar-refractivity contribution in [2.24, 2.45) is 5.73 Å². The Morgan fingerprint density at radius 1 is 1.27 bits per heavy atom. The van der Waals surface area contributed by atoms with Crippen LogP contribution in [0.2, 0.25) is 0 Å². The van der Waals surface area contributed by atoms with Gasteiger partial charge in [-0.1, -0.05) is 28.1 Å². The third kappa shape index (κ3) is 6.44. The highest BCUT2D eigenvalue weighted by Gasteiger charge is 2.26. The van der Waals surface area contributed by atoms with Crippen molar-refractivity contribution < 1.29 is 14.3 Å². The molecule has 0 unspecified atom stereocenters. The van der Waals surface area contributed by atoms with E-state index < -0.39 is 17.7 Å². The van der Waals surface area contributed by atoms with Crippen LogP contribution in [0.15, 0.2) is 28.7 Å². The molecule has 0 aliphatic rings. The average Bonchev–Trinajstić information content (AvgIpc) is 2.41. The van der Waals surface area contributed by atoms with Crippen molar-refractivity contribution in [3.8, 4) is 0 Å². The molecule has 1 aromatic carbocycles. The van der Waals surface area contributed by atoms with Crippen molar-refractivity contribution in [2.75, 3.05) is 13.1 Å². The molecule has 0 bridgehead atoms.